The van der Waals surface area contributed by atoms with Crippen LogP contribution in [-0.4, -0.2) is 80.7 Å². The molecule has 164 valence electrons. The number of anilines is 1. The number of halogens is 1. The van der Waals surface area contributed by atoms with E-state index < -0.39 is 11.4 Å². The zero-order valence-electron chi connectivity index (χ0n) is 17.2. The Morgan fingerprint density at radius 2 is 2.00 bits per heavy atom. The lowest BCUT2D eigenvalue weighted by Gasteiger charge is -2.51. The van der Waals surface area contributed by atoms with Crippen molar-refractivity contribution in [2.45, 2.75) is 18.2 Å². The largest absolute Gasteiger partial charge is 0.437 e. The third-order valence-electron chi connectivity index (χ3n) is 6.65. The van der Waals surface area contributed by atoms with Crippen molar-refractivity contribution in [2.75, 3.05) is 37.6 Å². The van der Waals surface area contributed by atoms with E-state index in [-0.39, 0.29) is 24.6 Å². The Hall–Kier alpha value is -3.69. The van der Waals surface area contributed by atoms with Crippen LogP contribution < -0.4 is 4.90 Å². The van der Waals surface area contributed by atoms with Gasteiger partial charge in [0, 0.05) is 19.6 Å². The molecule has 3 aliphatic heterocycles. The molecule has 0 saturated carbocycles. The summed E-state index contributed by atoms with van der Waals surface area (Å²) in [5.74, 6) is 0.232. The highest BCUT2D eigenvalue weighted by molar-refractivity contribution is 5.81. The molecule has 1 aromatic carbocycles. The highest BCUT2D eigenvalue weighted by Crippen LogP contribution is 2.41. The lowest BCUT2D eigenvalue weighted by Crippen LogP contribution is -2.71. The maximum Gasteiger partial charge on any atom is 0.411 e. The van der Waals surface area contributed by atoms with Gasteiger partial charge in [-0.15, -0.1) is 0 Å². The molecule has 6 rings (SSSR count). The summed E-state index contributed by atoms with van der Waals surface area (Å²) in [6, 6.07) is 10.5. The summed E-state index contributed by atoms with van der Waals surface area (Å²) in [7, 11) is 0. The fraction of sp³-hybridized carbons (Fsp3) is 0.364. The molecule has 2 aromatic heterocycles. The Morgan fingerprint density at radius 3 is 2.81 bits per heavy atom. The van der Waals surface area contributed by atoms with Gasteiger partial charge in [-0.3, -0.25) is 9.69 Å². The number of pyridine rings is 1. The van der Waals surface area contributed by atoms with Crippen LogP contribution >= 0.6 is 0 Å². The fourth-order valence-electron chi connectivity index (χ4n) is 4.95. The first kappa shape index (κ1) is 19.0. The van der Waals surface area contributed by atoms with Crippen LogP contribution in [0.3, 0.4) is 0 Å². The summed E-state index contributed by atoms with van der Waals surface area (Å²) in [4.78, 5) is 39.5. The standard InChI is InChI=1S/C22H21FN6O3/c23-15-5-6-19(24-9-15)28-12-22(13-28)18-10-26(7-8-29(18)21(31)32-22)20(30)11-27-14-25-16-3-1-2-4-17(16)27/h1-6,9,14,18H,7-8,10-13H2. The third kappa shape index (κ3) is 2.89. The molecule has 1 unspecified atom stereocenters. The third-order valence-corrected chi connectivity index (χ3v) is 6.65. The van der Waals surface area contributed by atoms with Gasteiger partial charge in [-0.1, -0.05) is 12.1 Å². The number of carbonyl (C=O) groups excluding carboxylic acids is 2. The highest BCUT2D eigenvalue weighted by atomic mass is 19.1. The number of hydrogen-bond acceptors (Lipinski definition) is 6. The molecule has 32 heavy (non-hydrogen) atoms. The fourth-order valence-corrected chi connectivity index (χ4v) is 4.95. The van der Waals surface area contributed by atoms with Crippen LogP contribution in [0, 0.1) is 5.82 Å². The molecule has 0 bridgehead atoms. The predicted molar refractivity (Wildman–Crippen MR) is 112 cm³/mol. The van der Waals surface area contributed by atoms with Crippen molar-refractivity contribution in [2.24, 2.45) is 0 Å². The molecule has 10 heteroatoms. The van der Waals surface area contributed by atoms with Crippen molar-refractivity contribution in [3.05, 3.63) is 54.7 Å². The zero-order chi connectivity index (χ0) is 21.9. The Balaban J connectivity index is 1.17. The number of aromatic nitrogens is 3. The Labute approximate surface area is 183 Å². The smallest absolute Gasteiger partial charge is 0.411 e. The molecule has 1 spiro atoms. The van der Waals surface area contributed by atoms with Gasteiger partial charge in [-0.2, -0.15) is 0 Å². The summed E-state index contributed by atoms with van der Waals surface area (Å²) in [6.07, 6.45) is 2.52. The number of rotatable bonds is 3. The second-order valence-electron chi connectivity index (χ2n) is 8.53. The van der Waals surface area contributed by atoms with E-state index in [1.807, 2.05) is 33.7 Å². The summed E-state index contributed by atoms with van der Waals surface area (Å²) in [6.45, 7) is 2.45. The minimum absolute atomic E-state index is 0.0151. The maximum absolute atomic E-state index is 13.2. The van der Waals surface area contributed by atoms with Crippen molar-refractivity contribution in [1.82, 2.24) is 24.3 Å². The molecule has 3 aliphatic rings. The number of para-hydroxylation sites is 2. The van der Waals surface area contributed by atoms with E-state index >= 15 is 0 Å². The molecule has 0 N–H and O–H groups in total. The normalized spacial score (nSPS) is 21.6. The number of fused-ring (bicyclic) bond motifs is 3. The van der Waals surface area contributed by atoms with Crippen LogP contribution in [-0.2, 0) is 16.1 Å². The quantitative estimate of drug-likeness (QED) is 0.619. The molecule has 2 amide bonds. The van der Waals surface area contributed by atoms with Gasteiger partial charge in [0.2, 0.25) is 5.91 Å². The van der Waals surface area contributed by atoms with Crippen LogP contribution in [0.2, 0.25) is 0 Å². The number of nitrogens with zero attached hydrogens (tertiary/aromatic N) is 6. The van der Waals surface area contributed by atoms with E-state index in [0.717, 1.165) is 11.0 Å². The Morgan fingerprint density at radius 1 is 1.16 bits per heavy atom. The SMILES string of the molecule is O=C(Cn1cnc2ccccc21)N1CCN2C(=O)OC3(CN(c4ccc(F)cn4)C3)C2C1. The van der Waals surface area contributed by atoms with Gasteiger partial charge in [0.1, 0.15) is 18.2 Å². The maximum atomic E-state index is 13.2. The van der Waals surface area contributed by atoms with E-state index in [9.17, 15) is 14.0 Å². The topological polar surface area (TPSA) is 83.8 Å². The first-order valence-corrected chi connectivity index (χ1v) is 10.6. The number of ether oxygens (including phenoxy) is 1. The molecule has 3 fully saturated rings. The summed E-state index contributed by atoms with van der Waals surface area (Å²) < 4.78 is 20.8. The second kappa shape index (κ2) is 6.91. The van der Waals surface area contributed by atoms with Crippen molar-refractivity contribution in [3.63, 3.8) is 0 Å². The lowest BCUT2D eigenvalue weighted by molar-refractivity contribution is -0.135. The van der Waals surface area contributed by atoms with Gasteiger partial charge in [-0.25, -0.2) is 19.2 Å². The Bertz CT molecular complexity index is 1210. The van der Waals surface area contributed by atoms with Gasteiger partial charge in [-0.05, 0) is 24.3 Å². The molecule has 0 aliphatic carbocycles. The van der Waals surface area contributed by atoms with Gasteiger partial charge in [0.15, 0.2) is 5.60 Å². The van der Waals surface area contributed by atoms with Crippen LogP contribution in [0.25, 0.3) is 11.0 Å². The number of amides is 2. The molecule has 0 radical (unpaired) electrons. The van der Waals surface area contributed by atoms with Crippen LogP contribution in [0.5, 0.6) is 0 Å². The average Bonchev–Trinajstić information content (AvgIpc) is 3.32. The van der Waals surface area contributed by atoms with E-state index in [1.165, 1.54) is 12.3 Å². The minimum Gasteiger partial charge on any atom is -0.437 e. The number of hydrogen-bond donors (Lipinski definition) is 0. The minimum atomic E-state index is -0.687. The van der Waals surface area contributed by atoms with Gasteiger partial charge in [0.05, 0.1) is 42.7 Å². The first-order valence-electron chi connectivity index (χ1n) is 10.6. The van der Waals surface area contributed by atoms with Gasteiger partial charge >= 0.3 is 6.09 Å². The number of piperazine rings is 1. The first-order chi connectivity index (χ1) is 15.5. The lowest BCUT2D eigenvalue weighted by atomic mass is 9.84. The monoisotopic (exact) mass is 436 g/mol. The average molecular weight is 436 g/mol. The van der Waals surface area contributed by atoms with Crippen molar-refractivity contribution in [3.8, 4) is 0 Å². The number of imidazole rings is 1. The van der Waals surface area contributed by atoms with Crippen LogP contribution in [0.1, 0.15) is 0 Å². The van der Waals surface area contributed by atoms with E-state index in [0.29, 0.717) is 38.5 Å². The number of benzene rings is 1. The molecular weight excluding hydrogens is 415 g/mol. The molecule has 5 heterocycles. The highest BCUT2D eigenvalue weighted by Gasteiger charge is 2.62. The van der Waals surface area contributed by atoms with Crippen molar-refractivity contribution >= 4 is 28.9 Å². The van der Waals surface area contributed by atoms with E-state index in [4.69, 9.17) is 4.74 Å². The molecule has 9 nitrogen and oxygen atoms in total. The van der Waals surface area contributed by atoms with Crippen molar-refractivity contribution in [1.29, 1.82) is 0 Å². The van der Waals surface area contributed by atoms with E-state index in [1.54, 1.807) is 22.2 Å². The Kier molecular flexibility index (Phi) is 4.11. The number of carbonyl (C=O) groups is 2. The van der Waals surface area contributed by atoms with Crippen LogP contribution in [0.15, 0.2) is 48.9 Å². The van der Waals surface area contributed by atoms with Gasteiger partial charge < -0.3 is 19.1 Å². The zero-order valence-corrected chi connectivity index (χ0v) is 17.2. The molecule has 1 atom stereocenters. The molecule has 3 aromatic rings. The summed E-state index contributed by atoms with van der Waals surface area (Å²) in [5, 5.41) is 0. The van der Waals surface area contributed by atoms with Crippen molar-refractivity contribution < 1.29 is 18.7 Å². The molecular formula is C22H21FN6O3. The second-order valence-corrected chi connectivity index (χ2v) is 8.53. The summed E-state index contributed by atoms with van der Waals surface area (Å²) in [5.41, 5.74) is 1.08. The molecule has 3 saturated heterocycles. The van der Waals surface area contributed by atoms with E-state index in [2.05, 4.69) is 9.97 Å². The van der Waals surface area contributed by atoms with Crippen LogP contribution in [0.4, 0.5) is 15.0 Å². The van der Waals surface area contributed by atoms with Gasteiger partial charge in [0.25, 0.3) is 0 Å². The summed E-state index contributed by atoms with van der Waals surface area (Å²) >= 11 is 0. The predicted octanol–water partition coefficient (Wildman–Crippen LogP) is 1.49.